The Kier molecular flexibility index (Phi) is 42.3. The van der Waals surface area contributed by atoms with E-state index in [0.29, 0.717) is 0 Å². The van der Waals surface area contributed by atoms with Crippen molar-refractivity contribution in [2.24, 2.45) is 5.90 Å². The maximum atomic E-state index is 8.83. The number of nitrogens with two attached hydrogens (primary N) is 1. The van der Waals surface area contributed by atoms with Crippen molar-refractivity contribution >= 4 is 57.6 Å². The molecule has 0 aromatic carbocycles. The molecule has 0 aromatic rings. The van der Waals surface area contributed by atoms with Gasteiger partial charge in [0.05, 0.1) is 0 Å². The Labute approximate surface area is 85.1 Å². The molecule has 0 aromatic heterocycles. The van der Waals surface area contributed by atoms with Crippen molar-refractivity contribution in [3.63, 3.8) is 0 Å². The molecular formula is C3H10NNaO2S2. The van der Waals surface area contributed by atoms with Crippen LogP contribution in [-0.4, -0.2) is 48.5 Å². The van der Waals surface area contributed by atoms with Crippen LogP contribution in [0.2, 0.25) is 0 Å². The summed E-state index contributed by atoms with van der Waals surface area (Å²) in [5, 5.41) is 0. The van der Waals surface area contributed by atoms with Crippen molar-refractivity contribution in [3.05, 3.63) is 0 Å². The van der Waals surface area contributed by atoms with Gasteiger partial charge in [-0.25, -0.2) is 0 Å². The minimum atomic E-state index is 0. The number of rotatable bonds is 2. The first-order chi connectivity index (χ1) is 3.83. The molecule has 0 aliphatic carbocycles. The molecule has 0 spiro atoms. The van der Waals surface area contributed by atoms with Gasteiger partial charge in [-0.1, -0.05) is 21.6 Å². The first-order valence-corrected chi connectivity index (χ1v) is 4.66. The fourth-order valence-electron chi connectivity index (χ4n) is 0. The zero-order valence-electron chi connectivity index (χ0n) is 4.79. The first-order valence-electron chi connectivity index (χ1n) is 1.69. The number of hydrogen-bond donors (Lipinski definition) is 1. The van der Waals surface area contributed by atoms with E-state index in [0.717, 1.165) is 0 Å². The summed E-state index contributed by atoms with van der Waals surface area (Å²) in [6, 6.07) is 0. The average molecular weight is 179 g/mol. The van der Waals surface area contributed by atoms with Gasteiger partial charge in [0.25, 0.3) is 0 Å². The van der Waals surface area contributed by atoms with Crippen LogP contribution in [0.4, 0.5) is 0 Å². The molecule has 0 saturated carbocycles. The second kappa shape index (κ2) is 22.9. The van der Waals surface area contributed by atoms with Crippen molar-refractivity contribution in [3.8, 4) is 0 Å². The Morgan fingerprint density at radius 3 is 1.67 bits per heavy atom. The van der Waals surface area contributed by atoms with Crippen LogP contribution in [0.25, 0.3) is 0 Å². The molecule has 0 amide bonds. The van der Waals surface area contributed by atoms with E-state index in [9.17, 15) is 0 Å². The summed E-state index contributed by atoms with van der Waals surface area (Å²) in [5.41, 5.74) is 0. The molecule has 0 aliphatic rings. The standard InChI is InChI=1S/C2H6S2.CH3NO2.Na.H/c1-3-4-2;2-4-1-3;;/h1-2H3;1H,2H2;;. The van der Waals surface area contributed by atoms with Crippen molar-refractivity contribution in [1.29, 1.82) is 0 Å². The van der Waals surface area contributed by atoms with Gasteiger partial charge < -0.3 is 4.84 Å². The van der Waals surface area contributed by atoms with E-state index in [-0.39, 0.29) is 36.0 Å². The zero-order valence-corrected chi connectivity index (χ0v) is 6.42. The summed E-state index contributed by atoms with van der Waals surface area (Å²) in [6.45, 7) is 0.153. The summed E-state index contributed by atoms with van der Waals surface area (Å²) in [6.07, 6.45) is 4.12. The SMILES string of the molecule is CSSC.NOC=O.[NaH]. The minimum absolute atomic E-state index is 0. The van der Waals surface area contributed by atoms with E-state index in [1.807, 2.05) is 0 Å². The van der Waals surface area contributed by atoms with Crippen LogP contribution in [0.1, 0.15) is 0 Å². The molecule has 0 bridgehead atoms. The molecule has 9 heavy (non-hydrogen) atoms. The van der Waals surface area contributed by atoms with Crippen LogP contribution in [0.5, 0.6) is 0 Å². The van der Waals surface area contributed by atoms with E-state index < -0.39 is 0 Å². The third kappa shape index (κ3) is 47.4. The number of carbonyl (C=O) groups is 1. The number of carbonyl (C=O) groups excluding carboxylic acids is 1. The first kappa shape index (κ1) is 16.6. The van der Waals surface area contributed by atoms with Gasteiger partial charge in [0.1, 0.15) is 0 Å². The molecule has 0 aliphatic heterocycles. The van der Waals surface area contributed by atoms with Gasteiger partial charge in [0.15, 0.2) is 0 Å². The second-order valence-electron chi connectivity index (χ2n) is 0.566. The molecule has 0 atom stereocenters. The van der Waals surface area contributed by atoms with Crippen LogP contribution < -0.4 is 5.90 Å². The van der Waals surface area contributed by atoms with Crippen LogP contribution in [0.3, 0.4) is 0 Å². The number of hydrogen-bond acceptors (Lipinski definition) is 5. The summed E-state index contributed by atoms with van der Waals surface area (Å²) < 4.78 is 0. The second-order valence-corrected chi connectivity index (χ2v) is 3.23. The zero-order chi connectivity index (χ0) is 6.83. The van der Waals surface area contributed by atoms with Gasteiger partial charge in [-0.15, -0.1) is 0 Å². The van der Waals surface area contributed by atoms with Crippen LogP contribution in [0, 0.1) is 0 Å². The monoisotopic (exact) mass is 179 g/mol. The predicted molar refractivity (Wildman–Crippen MR) is 45.5 cm³/mol. The van der Waals surface area contributed by atoms with E-state index in [1.165, 1.54) is 0 Å². The molecule has 2 N–H and O–H groups in total. The fraction of sp³-hybridized carbons (Fsp3) is 0.667. The Hall–Kier alpha value is 1.13. The van der Waals surface area contributed by atoms with Crippen molar-refractivity contribution in [2.75, 3.05) is 12.5 Å². The van der Waals surface area contributed by atoms with Gasteiger partial charge in [0.2, 0.25) is 0 Å². The molecule has 6 heteroatoms. The van der Waals surface area contributed by atoms with Gasteiger partial charge in [-0.05, 0) is 12.5 Å². The molecule has 3 nitrogen and oxygen atoms in total. The molecule has 0 unspecified atom stereocenters. The molecule has 0 saturated heterocycles. The van der Waals surface area contributed by atoms with Crippen LogP contribution in [0.15, 0.2) is 0 Å². The molecule has 0 fully saturated rings. The summed E-state index contributed by atoms with van der Waals surface area (Å²) in [5.74, 6) is 4.16. The van der Waals surface area contributed by atoms with Gasteiger partial charge in [-0.2, -0.15) is 5.90 Å². The normalized spacial score (nSPS) is 5.67. The maximum absolute atomic E-state index is 8.83. The average Bonchev–Trinajstić information content (AvgIpc) is 1.88. The van der Waals surface area contributed by atoms with E-state index in [1.54, 1.807) is 21.6 Å². The van der Waals surface area contributed by atoms with Gasteiger partial charge >= 0.3 is 36.0 Å². The summed E-state index contributed by atoms with van der Waals surface area (Å²) in [4.78, 5) is 12.2. The molecule has 0 rings (SSSR count). The van der Waals surface area contributed by atoms with Crippen LogP contribution in [-0.2, 0) is 9.63 Å². The Balaban J connectivity index is -0.0000000720. The third-order valence-electron chi connectivity index (χ3n) is 0.222. The Morgan fingerprint density at radius 2 is 1.67 bits per heavy atom. The molecular weight excluding hydrogens is 169 g/mol. The molecule has 0 radical (unpaired) electrons. The molecule has 0 heterocycles. The van der Waals surface area contributed by atoms with Crippen molar-refractivity contribution < 1.29 is 9.63 Å². The summed E-state index contributed by atoms with van der Waals surface area (Å²) >= 11 is 0. The quantitative estimate of drug-likeness (QED) is 0.280. The predicted octanol–water partition coefficient (Wildman–Crippen LogP) is 0.0120. The van der Waals surface area contributed by atoms with E-state index in [2.05, 4.69) is 23.2 Å². The van der Waals surface area contributed by atoms with Crippen molar-refractivity contribution in [1.82, 2.24) is 0 Å². The van der Waals surface area contributed by atoms with Crippen LogP contribution >= 0.6 is 21.6 Å². The van der Waals surface area contributed by atoms with Crippen molar-refractivity contribution in [2.45, 2.75) is 0 Å². The topological polar surface area (TPSA) is 52.3 Å². The molecule has 52 valence electrons. The summed E-state index contributed by atoms with van der Waals surface area (Å²) in [7, 11) is 3.55. The van der Waals surface area contributed by atoms with E-state index in [4.69, 9.17) is 4.79 Å². The third-order valence-corrected chi connectivity index (χ3v) is 1.56. The Morgan fingerprint density at radius 1 is 1.44 bits per heavy atom. The fourth-order valence-corrected chi connectivity index (χ4v) is 0. The van der Waals surface area contributed by atoms with E-state index >= 15 is 0 Å². The van der Waals surface area contributed by atoms with Gasteiger partial charge in [-0.3, -0.25) is 4.79 Å². The Bertz CT molecular complexity index is 46.8. The van der Waals surface area contributed by atoms with Gasteiger partial charge in [0, 0.05) is 0 Å².